The number of sulfonamides is 1. The molecule has 0 fully saturated rings. The summed E-state index contributed by atoms with van der Waals surface area (Å²) in [5.41, 5.74) is -0.718. The third-order valence-electron chi connectivity index (χ3n) is 4.79. The Balaban J connectivity index is 1.93. The normalized spacial score (nSPS) is 11.3. The second-order valence-electron chi connectivity index (χ2n) is 7.21. The van der Waals surface area contributed by atoms with Gasteiger partial charge >= 0.3 is 0 Å². The number of hydrogen-bond donors (Lipinski definition) is 2. The number of benzene rings is 3. The zero-order chi connectivity index (χ0) is 26.6. The van der Waals surface area contributed by atoms with Gasteiger partial charge in [-0.15, -0.1) is 0 Å². The van der Waals surface area contributed by atoms with Gasteiger partial charge in [-0.05, 0) is 75.3 Å². The summed E-state index contributed by atoms with van der Waals surface area (Å²) in [6.45, 7) is 0. The largest absolute Gasteiger partial charge is 0.453 e. The fourth-order valence-electron chi connectivity index (χ4n) is 3.12. The van der Waals surface area contributed by atoms with Gasteiger partial charge in [0.1, 0.15) is 10.6 Å². The van der Waals surface area contributed by atoms with Crippen molar-refractivity contribution in [3.8, 4) is 17.6 Å². The maximum absolute atomic E-state index is 15.4. The van der Waals surface area contributed by atoms with Gasteiger partial charge in [-0.25, -0.2) is 26.3 Å². The van der Waals surface area contributed by atoms with Gasteiger partial charge < -0.3 is 10.1 Å². The molecular formula is C23H16Br2F3N3O4S. The monoisotopic (exact) mass is 645 g/mol. The second-order valence-corrected chi connectivity index (χ2v) is 10.7. The fraction of sp³-hybridized carbons (Fsp3) is 0.130. The molecule has 7 nitrogen and oxygen atoms in total. The highest BCUT2D eigenvalue weighted by Crippen LogP contribution is 2.40. The molecule has 3 aromatic carbocycles. The first kappa shape index (κ1) is 27.7. The van der Waals surface area contributed by atoms with Crippen LogP contribution in [0.3, 0.4) is 0 Å². The third-order valence-corrected chi connectivity index (χ3v) is 8.21. The third kappa shape index (κ3) is 6.25. The molecule has 0 aliphatic rings. The highest BCUT2D eigenvalue weighted by atomic mass is 79.9. The molecule has 13 heteroatoms. The number of nitriles is 1. The first-order valence-corrected chi connectivity index (χ1v) is 13.0. The Morgan fingerprint density at radius 1 is 1.17 bits per heavy atom. The molecule has 0 radical (unpaired) electrons. The Labute approximate surface area is 221 Å². The van der Waals surface area contributed by atoms with Crippen LogP contribution in [0.4, 0.5) is 18.9 Å². The van der Waals surface area contributed by atoms with Crippen LogP contribution in [0.25, 0.3) is 0 Å². The summed E-state index contributed by atoms with van der Waals surface area (Å²) in [5, 5.41) is 11.6. The van der Waals surface area contributed by atoms with E-state index in [4.69, 9.17) is 10.00 Å². The SMILES string of the molecule is CNS(=O)(=O)c1ccccc1NC(=O)Cc1cc(Br)c(Br)c(Oc2cc(C#N)cc(C(F)F)c2)c1F. The van der Waals surface area contributed by atoms with Gasteiger partial charge in [-0.3, -0.25) is 4.79 Å². The number of carbonyl (C=O) groups excluding carboxylic acids is 1. The lowest BCUT2D eigenvalue weighted by Crippen LogP contribution is -2.22. The number of anilines is 1. The summed E-state index contributed by atoms with van der Waals surface area (Å²) in [5.74, 6) is -2.29. The lowest BCUT2D eigenvalue weighted by atomic mass is 10.1. The molecule has 0 aromatic heterocycles. The Kier molecular flexibility index (Phi) is 8.78. The minimum atomic E-state index is -3.87. The summed E-state index contributed by atoms with van der Waals surface area (Å²) in [6.07, 6.45) is -3.40. The molecule has 0 saturated carbocycles. The van der Waals surface area contributed by atoms with Gasteiger partial charge in [0.25, 0.3) is 6.43 Å². The number of alkyl halides is 2. The molecule has 0 unspecified atom stereocenters. The van der Waals surface area contributed by atoms with E-state index in [9.17, 15) is 22.0 Å². The summed E-state index contributed by atoms with van der Waals surface area (Å²) in [4.78, 5) is 12.5. The van der Waals surface area contributed by atoms with Crippen LogP contribution < -0.4 is 14.8 Å². The van der Waals surface area contributed by atoms with Crippen LogP contribution in [0.1, 0.15) is 23.1 Å². The average Bonchev–Trinajstić information content (AvgIpc) is 2.85. The lowest BCUT2D eigenvalue weighted by molar-refractivity contribution is -0.115. The smallest absolute Gasteiger partial charge is 0.264 e. The van der Waals surface area contributed by atoms with Crippen LogP contribution in [0.15, 0.2) is 62.4 Å². The van der Waals surface area contributed by atoms with Gasteiger partial charge in [-0.1, -0.05) is 12.1 Å². The van der Waals surface area contributed by atoms with Crippen molar-refractivity contribution in [3.05, 3.63) is 80.0 Å². The van der Waals surface area contributed by atoms with E-state index >= 15 is 4.39 Å². The van der Waals surface area contributed by atoms with Crippen molar-refractivity contribution in [2.45, 2.75) is 17.7 Å². The van der Waals surface area contributed by atoms with E-state index in [-0.39, 0.29) is 31.9 Å². The molecule has 188 valence electrons. The number of hydrogen-bond acceptors (Lipinski definition) is 5. The van der Waals surface area contributed by atoms with E-state index in [0.29, 0.717) is 4.47 Å². The zero-order valence-corrected chi connectivity index (χ0v) is 22.3. The minimum Gasteiger partial charge on any atom is -0.453 e. The molecule has 0 saturated heterocycles. The topological polar surface area (TPSA) is 108 Å². The van der Waals surface area contributed by atoms with Crippen LogP contribution in [-0.2, 0) is 21.2 Å². The van der Waals surface area contributed by atoms with E-state index < -0.39 is 45.9 Å². The standard InChI is InChI=1S/C23H16Br2F3N3O4S/c1-30-36(33,34)18-5-3-2-4-17(18)31-19(32)10-13-9-16(24)20(25)22(21(13)26)35-15-7-12(11-29)6-14(8-15)23(27)28/h2-9,23,30H,10H2,1H3,(H,31,32). The van der Waals surface area contributed by atoms with Crippen LogP contribution in [-0.4, -0.2) is 21.4 Å². The van der Waals surface area contributed by atoms with Crippen LogP contribution in [0.5, 0.6) is 11.5 Å². The summed E-state index contributed by atoms with van der Waals surface area (Å²) < 4.78 is 74.3. The number of halogens is 5. The molecule has 0 aliphatic carbocycles. The molecule has 3 aromatic rings. The molecular weight excluding hydrogens is 631 g/mol. The van der Waals surface area contributed by atoms with Crippen LogP contribution in [0.2, 0.25) is 0 Å². The van der Waals surface area contributed by atoms with E-state index in [0.717, 1.165) is 12.1 Å². The Morgan fingerprint density at radius 3 is 2.50 bits per heavy atom. The second kappa shape index (κ2) is 11.4. The average molecular weight is 647 g/mol. The number of amides is 1. The number of ether oxygens (including phenoxy) is 1. The summed E-state index contributed by atoms with van der Waals surface area (Å²) >= 11 is 6.39. The zero-order valence-electron chi connectivity index (χ0n) is 18.3. The number of nitrogens with one attached hydrogen (secondary N) is 2. The minimum absolute atomic E-state index is 0.00208. The van der Waals surface area contributed by atoms with Crippen molar-refractivity contribution in [3.63, 3.8) is 0 Å². The Bertz CT molecular complexity index is 1480. The van der Waals surface area contributed by atoms with Crippen molar-refractivity contribution in [1.82, 2.24) is 4.72 Å². The van der Waals surface area contributed by atoms with Gasteiger partial charge in [0.05, 0.1) is 28.2 Å². The predicted molar refractivity (Wildman–Crippen MR) is 133 cm³/mol. The molecule has 2 N–H and O–H groups in total. The fourth-order valence-corrected chi connectivity index (χ4v) is 4.83. The molecule has 36 heavy (non-hydrogen) atoms. The summed E-state index contributed by atoms with van der Waals surface area (Å²) in [7, 11) is -2.65. The highest BCUT2D eigenvalue weighted by molar-refractivity contribution is 9.13. The van der Waals surface area contributed by atoms with Crippen molar-refractivity contribution in [2.75, 3.05) is 12.4 Å². The Morgan fingerprint density at radius 2 is 1.86 bits per heavy atom. The quantitative estimate of drug-likeness (QED) is 0.290. The van der Waals surface area contributed by atoms with Gasteiger partial charge in [0.2, 0.25) is 15.9 Å². The van der Waals surface area contributed by atoms with Crippen molar-refractivity contribution in [2.24, 2.45) is 0 Å². The number of carbonyl (C=O) groups is 1. The number of nitrogens with zero attached hydrogens (tertiary/aromatic N) is 1. The summed E-state index contributed by atoms with van der Waals surface area (Å²) in [6, 6.07) is 11.9. The van der Waals surface area contributed by atoms with Gasteiger partial charge in [0.15, 0.2) is 11.6 Å². The van der Waals surface area contributed by atoms with E-state index in [1.54, 1.807) is 6.07 Å². The lowest BCUT2D eigenvalue weighted by Gasteiger charge is -2.15. The molecule has 0 atom stereocenters. The maximum atomic E-state index is 15.4. The first-order chi connectivity index (χ1) is 17.0. The van der Waals surface area contributed by atoms with Crippen molar-refractivity contribution < 1.29 is 31.1 Å². The van der Waals surface area contributed by atoms with E-state index in [1.165, 1.54) is 43.4 Å². The van der Waals surface area contributed by atoms with Crippen LogP contribution in [0, 0.1) is 17.1 Å². The number of rotatable bonds is 8. The maximum Gasteiger partial charge on any atom is 0.264 e. The first-order valence-electron chi connectivity index (χ1n) is 9.96. The van der Waals surface area contributed by atoms with Crippen molar-refractivity contribution >= 4 is 53.5 Å². The van der Waals surface area contributed by atoms with Gasteiger partial charge in [-0.2, -0.15) is 5.26 Å². The predicted octanol–water partition coefficient (Wildman–Crippen LogP) is 6.04. The Hall–Kier alpha value is -2.92. The molecule has 1 amide bonds. The molecule has 0 bridgehead atoms. The highest BCUT2D eigenvalue weighted by Gasteiger charge is 2.22. The van der Waals surface area contributed by atoms with E-state index in [2.05, 4.69) is 41.9 Å². The molecule has 3 rings (SSSR count). The van der Waals surface area contributed by atoms with Gasteiger partial charge in [0, 0.05) is 15.6 Å². The van der Waals surface area contributed by atoms with Crippen molar-refractivity contribution in [1.29, 1.82) is 5.26 Å². The number of para-hydroxylation sites is 1. The molecule has 0 heterocycles. The van der Waals surface area contributed by atoms with Crippen LogP contribution >= 0.6 is 31.9 Å². The molecule has 0 aliphatic heterocycles. The van der Waals surface area contributed by atoms with E-state index in [1.807, 2.05) is 0 Å². The molecule has 0 spiro atoms.